The van der Waals surface area contributed by atoms with Crippen molar-refractivity contribution in [2.45, 2.75) is 84.8 Å². The van der Waals surface area contributed by atoms with Gasteiger partial charge in [0.25, 0.3) is 0 Å². The molecule has 0 fully saturated rings. The van der Waals surface area contributed by atoms with Crippen molar-refractivity contribution in [3.8, 4) is 0 Å². The summed E-state index contributed by atoms with van der Waals surface area (Å²) >= 11 is 0.430. The Morgan fingerprint density at radius 2 is 0.685 bits per heavy atom. The van der Waals surface area contributed by atoms with Crippen molar-refractivity contribution in [2.24, 2.45) is 0 Å². The van der Waals surface area contributed by atoms with Gasteiger partial charge in [-0.05, 0) is 0 Å². The Balaban J connectivity index is 1.06. The van der Waals surface area contributed by atoms with Crippen LogP contribution in [0.2, 0.25) is 0 Å². The quantitative estimate of drug-likeness (QED) is 0.162. The summed E-state index contributed by atoms with van der Waals surface area (Å²) in [5.41, 5.74) is 11.1. The predicted octanol–water partition coefficient (Wildman–Crippen LogP) is 7.01. The first-order valence-corrected chi connectivity index (χ1v) is 27.5. The third-order valence-corrected chi connectivity index (χ3v) is 21.8. The SMILES string of the molecule is Cc1ccc(S(=O)(=O)c2cc3ccc2CCc2ccc(cc2[Se][Se]c2cc4ccc2CCc2ccc(cc2S(=O)(=O)c2ccc(C)cc2)CC4)CC3)cc1. The van der Waals surface area contributed by atoms with Crippen LogP contribution in [0.3, 0.4) is 0 Å². The van der Waals surface area contributed by atoms with E-state index in [9.17, 15) is 16.8 Å². The van der Waals surface area contributed by atoms with E-state index < -0.39 is 19.7 Å². The van der Waals surface area contributed by atoms with Gasteiger partial charge in [-0.3, -0.25) is 0 Å². The molecule has 8 heteroatoms. The second kappa shape index (κ2) is 15.4. The number of benzene rings is 6. The van der Waals surface area contributed by atoms with Crippen LogP contribution in [0.5, 0.6) is 0 Å². The molecule has 0 saturated heterocycles. The molecule has 274 valence electrons. The Morgan fingerprint density at radius 3 is 1.06 bits per heavy atom. The van der Waals surface area contributed by atoms with E-state index in [1.807, 2.05) is 62.4 Å². The zero-order chi connectivity index (χ0) is 37.5. The van der Waals surface area contributed by atoms with E-state index in [0.29, 0.717) is 32.4 Å². The number of rotatable bonds is 7. The van der Waals surface area contributed by atoms with Crippen molar-refractivity contribution >= 4 is 54.9 Å². The van der Waals surface area contributed by atoms with E-state index in [2.05, 4.69) is 48.5 Å². The van der Waals surface area contributed by atoms with Crippen LogP contribution in [-0.2, 0) is 71.0 Å². The molecule has 0 aliphatic heterocycles. The van der Waals surface area contributed by atoms with Crippen LogP contribution in [0.15, 0.2) is 141 Å². The van der Waals surface area contributed by atoms with Crippen LogP contribution in [0.4, 0.5) is 0 Å². The van der Waals surface area contributed by atoms with E-state index in [4.69, 9.17) is 0 Å². The zero-order valence-corrected chi connectivity index (χ0v) is 35.5. The van der Waals surface area contributed by atoms with Gasteiger partial charge in [0.05, 0.1) is 0 Å². The van der Waals surface area contributed by atoms with Gasteiger partial charge in [-0.2, -0.15) is 0 Å². The normalized spacial score (nSPS) is 14.3. The minimum absolute atomic E-state index is 0.215. The van der Waals surface area contributed by atoms with Gasteiger partial charge in [0.15, 0.2) is 0 Å². The topological polar surface area (TPSA) is 68.3 Å². The molecule has 8 aliphatic carbocycles. The Bertz CT molecular complexity index is 2410. The molecule has 0 aromatic heterocycles. The average molecular weight is 881 g/mol. The molecular weight excluding hydrogens is 839 g/mol. The van der Waals surface area contributed by atoms with E-state index in [-0.39, 0.29) is 26.3 Å². The molecule has 8 aliphatic rings. The first-order valence-electron chi connectivity index (χ1n) is 18.5. The average Bonchev–Trinajstić information content (AvgIpc) is 3.16. The maximum absolute atomic E-state index is 14.0. The van der Waals surface area contributed by atoms with Crippen LogP contribution in [0.1, 0.15) is 55.6 Å². The summed E-state index contributed by atoms with van der Waals surface area (Å²) in [6.07, 6.45) is 6.14. The summed E-state index contributed by atoms with van der Waals surface area (Å²) in [5, 5.41) is 0. The number of aryl methyl sites for hydroxylation is 10. The molecule has 0 amide bonds. The Morgan fingerprint density at radius 1 is 0.370 bits per heavy atom. The number of hydrogen-bond donors (Lipinski definition) is 0. The van der Waals surface area contributed by atoms with Crippen LogP contribution in [0, 0.1) is 13.8 Å². The fourth-order valence-corrected chi connectivity index (χ4v) is 18.3. The third-order valence-electron chi connectivity index (χ3n) is 10.7. The maximum atomic E-state index is 14.0. The van der Waals surface area contributed by atoms with Gasteiger partial charge >= 0.3 is 333 Å². The van der Waals surface area contributed by atoms with E-state index in [1.165, 1.54) is 31.2 Å². The Labute approximate surface area is 331 Å². The van der Waals surface area contributed by atoms with Crippen LogP contribution < -0.4 is 8.92 Å². The van der Waals surface area contributed by atoms with Crippen molar-refractivity contribution in [3.05, 3.63) is 177 Å². The predicted molar refractivity (Wildman–Crippen MR) is 219 cm³/mol. The molecule has 4 nitrogen and oxygen atoms in total. The fourth-order valence-electron chi connectivity index (χ4n) is 7.39. The standard InChI is InChI=1S/C46H42O4S2Se2/c1-31-3-23-41(24-4-31)51(47,48)43-27-33-7-9-35-13-17-39(21-19-37(43)15-11-33)45(29-35)53-54-46-30-36-10-8-34-12-16-38(20-22-40(46)18-14-36)44(28-34)52(49,50)42-25-5-32(2)6-26-42/h3-6,11-18,23-30H,7-10,19-22H2,1-2H3. The summed E-state index contributed by atoms with van der Waals surface area (Å²) in [6.45, 7) is 3.94. The van der Waals surface area contributed by atoms with Gasteiger partial charge in [-0.15, -0.1) is 0 Å². The molecule has 0 unspecified atom stereocenters. The second-order valence-electron chi connectivity index (χ2n) is 14.6. The summed E-state index contributed by atoms with van der Waals surface area (Å²) < 4.78 is 58.7. The summed E-state index contributed by atoms with van der Waals surface area (Å²) in [4.78, 5) is 1.57. The molecular formula is C46H42O4S2Se2. The molecule has 0 heterocycles. The Hall–Kier alpha value is -3.74. The van der Waals surface area contributed by atoms with Crippen molar-refractivity contribution in [2.75, 3.05) is 0 Å². The zero-order valence-electron chi connectivity index (χ0n) is 30.5. The van der Waals surface area contributed by atoms with Gasteiger partial charge in [0.1, 0.15) is 0 Å². The molecule has 6 aromatic rings. The first-order chi connectivity index (χ1) is 26.0. The number of sulfone groups is 2. The van der Waals surface area contributed by atoms with Gasteiger partial charge in [0, 0.05) is 0 Å². The third kappa shape index (κ3) is 7.84. The van der Waals surface area contributed by atoms with Crippen molar-refractivity contribution in [1.29, 1.82) is 0 Å². The molecule has 54 heavy (non-hydrogen) atoms. The first kappa shape index (κ1) is 37.2. The monoisotopic (exact) mass is 882 g/mol. The molecule has 0 atom stereocenters. The molecule has 0 saturated carbocycles. The van der Waals surface area contributed by atoms with Crippen molar-refractivity contribution in [1.82, 2.24) is 0 Å². The van der Waals surface area contributed by atoms with Crippen molar-refractivity contribution in [3.63, 3.8) is 0 Å². The van der Waals surface area contributed by atoms with Crippen LogP contribution in [0.25, 0.3) is 0 Å². The molecule has 0 radical (unpaired) electrons. The van der Waals surface area contributed by atoms with Gasteiger partial charge in [-0.25, -0.2) is 0 Å². The van der Waals surface area contributed by atoms with E-state index >= 15 is 0 Å². The summed E-state index contributed by atoms with van der Waals surface area (Å²) in [7, 11) is -7.31. The van der Waals surface area contributed by atoms with Gasteiger partial charge in [-0.1, -0.05) is 0 Å². The summed E-state index contributed by atoms with van der Waals surface area (Å²) in [6, 6.07) is 40.4. The summed E-state index contributed by atoms with van der Waals surface area (Å²) in [5.74, 6) is 0. The molecule has 14 rings (SSSR count). The molecule has 0 spiro atoms. The minimum atomic E-state index is -3.66. The van der Waals surface area contributed by atoms with Gasteiger partial charge in [0.2, 0.25) is 0 Å². The fraction of sp³-hybridized carbons (Fsp3) is 0.217. The van der Waals surface area contributed by atoms with E-state index in [1.54, 1.807) is 24.3 Å². The molecule has 6 aromatic carbocycles. The number of hydrogen-bond acceptors (Lipinski definition) is 4. The molecule has 0 N–H and O–H groups in total. The second-order valence-corrected chi connectivity index (χ2v) is 24.6. The van der Waals surface area contributed by atoms with E-state index in [0.717, 1.165) is 71.9 Å². The van der Waals surface area contributed by atoms with Crippen LogP contribution >= 0.6 is 0 Å². The Kier molecular flexibility index (Phi) is 10.6. The van der Waals surface area contributed by atoms with Crippen LogP contribution in [-0.4, -0.2) is 43.1 Å². The van der Waals surface area contributed by atoms with Gasteiger partial charge < -0.3 is 0 Å². The van der Waals surface area contributed by atoms with Crippen molar-refractivity contribution < 1.29 is 16.8 Å². The molecule has 8 bridgehead atoms.